The number of hydrogen-bond donors (Lipinski definition) is 2. The lowest BCUT2D eigenvalue weighted by Gasteiger charge is -2.12. The molecule has 5 heteroatoms. The number of carboxylic acids is 1. The number of ether oxygens (including phenoxy) is 1. The van der Waals surface area contributed by atoms with Crippen molar-refractivity contribution < 1.29 is 19.0 Å². The first-order valence-corrected chi connectivity index (χ1v) is 8.63. The maximum atomic E-state index is 14.7. The van der Waals surface area contributed by atoms with Gasteiger partial charge in [-0.15, -0.1) is 0 Å². The number of benzene rings is 2. The van der Waals surface area contributed by atoms with Crippen molar-refractivity contribution in [2.45, 2.75) is 31.6 Å². The van der Waals surface area contributed by atoms with Crippen LogP contribution in [0.15, 0.2) is 36.4 Å². The van der Waals surface area contributed by atoms with Crippen LogP contribution in [0, 0.1) is 5.82 Å². The van der Waals surface area contributed by atoms with Crippen molar-refractivity contribution in [3.8, 4) is 5.75 Å². The highest BCUT2D eigenvalue weighted by atomic mass is 19.1. The average molecular weight is 353 g/mol. The van der Waals surface area contributed by atoms with E-state index in [2.05, 4.69) is 11.9 Å². The minimum atomic E-state index is -1.25. The molecule has 1 saturated carbocycles. The average Bonchev–Trinajstić information content (AvgIpc) is 3.26. The molecule has 0 spiro atoms. The van der Waals surface area contributed by atoms with E-state index in [0.29, 0.717) is 12.0 Å². The number of nitrogens with one attached hydrogen (secondary N) is 1. The standard InChI is InChI=1S/C21H20FNO3/c1-21(8-9-21)19-16(14-7-6-13(26-2)11-17(14)23-19)10-12-4-3-5-15(18(12)22)20(24)25/h3-7,11,23H,8-10H2,1-2H3,(H,24,25). The van der Waals surface area contributed by atoms with E-state index in [1.807, 2.05) is 18.2 Å². The summed E-state index contributed by atoms with van der Waals surface area (Å²) in [4.78, 5) is 14.7. The molecule has 0 atom stereocenters. The van der Waals surface area contributed by atoms with Gasteiger partial charge < -0.3 is 14.8 Å². The minimum Gasteiger partial charge on any atom is -0.497 e. The molecule has 0 saturated heterocycles. The minimum absolute atomic E-state index is 0.0719. The van der Waals surface area contributed by atoms with Gasteiger partial charge in [0.05, 0.1) is 12.7 Å². The number of methoxy groups -OCH3 is 1. The summed E-state index contributed by atoms with van der Waals surface area (Å²) in [5, 5.41) is 10.2. The third-order valence-electron chi connectivity index (χ3n) is 5.39. The molecule has 1 aromatic heterocycles. The van der Waals surface area contributed by atoms with E-state index in [0.717, 1.165) is 40.8 Å². The first kappa shape index (κ1) is 16.6. The van der Waals surface area contributed by atoms with Crippen LogP contribution in [0.2, 0.25) is 0 Å². The molecule has 134 valence electrons. The van der Waals surface area contributed by atoms with Gasteiger partial charge in [-0.25, -0.2) is 9.18 Å². The fraction of sp³-hybridized carbons (Fsp3) is 0.286. The highest BCUT2D eigenvalue weighted by Gasteiger charge is 2.42. The molecule has 1 aliphatic rings. The molecule has 4 nitrogen and oxygen atoms in total. The fourth-order valence-electron chi connectivity index (χ4n) is 3.57. The van der Waals surface area contributed by atoms with Crippen LogP contribution in [0.3, 0.4) is 0 Å². The third-order valence-corrected chi connectivity index (χ3v) is 5.39. The molecular formula is C21H20FNO3. The number of aromatic nitrogens is 1. The Bertz CT molecular complexity index is 1020. The molecule has 1 aliphatic carbocycles. The summed E-state index contributed by atoms with van der Waals surface area (Å²) >= 11 is 0. The van der Waals surface area contributed by atoms with Crippen molar-refractivity contribution in [3.63, 3.8) is 0 Å². The maximum absolute atomic E-state index is 14.7. The molecule has 1 fully saturated rings. The lowest BCUT2D eigenvalue weighted by atomic mass is 9.94. The van der Waals surface area contributed by atoms with Gasteiger partial charge in [-0.3, -0.25) is 0 Å². The highest BCUT2D eigenvalue weighted by Crippen LogP contribution is 2.50. The molecule has 0 aliphatic heterocycles. The Balaban J connectivity index is 1.86. The van der Waals surface area contributed by atoms with Gasteiger partial charge in [0.15, 0.2) is 0 Å². The van der Waals surface area contributed by atoms with E-state index < -0.39 is 11.8 Å². The van der Waals surface area contributed by atoms with Crippen molar-refractivity contribution in [2.24, 2.45) is 0 Å². The number of rotatable bonds is 5. The van der Waals surface area contributed by atoms with E-state index in [9.17, 15) is 14.3 Å². The summed E-state index contributed by atoms with van der Waals surface area (Å²) in [6, 6.07) is 10.4. The summed E-state index contributed by atoms with van der Waals surface area (Å²) in [7, 11) is 1.63. The second-order valence-corrected chi connectivity index (χ2v) is 7.21. The zero-order valence-corrected chi connectivity index (χ0v) is 14.7. The maximum Gasteiger partial charge on any atom is 0.338 e. The van der Waals surface area contributed by atoms with E-state index in [1.165, 1.54) is 6.07 Å². The Morgan fingerprint density at radius 3 is 2.73 bits per heavy atom. The van der Waals surface area contributed by atoms with Gasteiger partial charge in [-0.1, -0.05) is 19.1 Å². The molecule has 3 aromatic rings. The van der Waals surface area contributed by atoms with Gasteiger partial charge >= 0.3 is 5.97 Å². The normalized spacial score (nSPS) is 15.2. The first-order chi connectivity index (χ1) is 12.4. The molecule has 4 rings (SSSR count). The summed E-state index contributed by atoms with van der Waals surface area (Å²) in [6.45, 7) is 2.20. The predicted octanol–water partition coefficient (Wildman–Crippen LogP) is 4.66. The zero-order chi connectivity index (χ0) is 18.5. The summed E-state index contributed by atoms with van der Waals surface area (Å²) < 4.78 is 20.0. The Labute approximate surface area is 150 Å². The van der Waals surface area contributed by atoms with Gasteiger partial charge in [-0.2, -0.15) is 0 Å². The molecule has 0 bridgehead atoms. The van der Waals surface area contributed by atoms with Crippen LogP contribution in [0.25, 0.3) is 10.9 Å². The van der Waals surface area contributed by atoms with Crippen LogP contribution in [0.4, 0.5) is 4.39 Å². The van der Waals surface area contributed by atoms with Crippen LogP contribution in [-0.2, 0) is 11.8 Å². The van der Waals surface area contributed by atoms with Gasteiger partial charge in [0.25, 0.3) is 0 Å². The van der Waals surface area contributed by atoms with Crippen molar-refractivity contribution in [1.29, 1.82) is 0 Å². The molecule has 0 amide bonds. The first-order valence-electron chi connectivity index (χ1n) is 8.63. The van der Waals surface area contributed by atoms with Crippen molar-refractivity contribution >= 4 is 16.9 Å². The number of H-pyrrole nitrogens is 1. The predicted molar refractivity (Wildman–Crippen MR) is 97.6 cm³/mol. The number of aromatic carboxylic acids is 1. The van der Waals surface area contributed by atoms with Crippen LogP contribution >= 0.6 is 0 Å². The molecule has 2 aromatic carbocycles. The van der Waals surface area contributed by atoms with Crippen LogP contribution in [-0.4, -0.2) is 23.2 Å². The number of halogens is 1. The number of carbonyl (C=O) groups is 1. The van der Waals surface area contributed by atoms with E-state index in [-0.39, 0.29) is 11.0 Å². The van der Waals surface area contributed by atoms with Gasteiger partial charge in [0.1, 0.15) is 11.6 Å². The molecule has 26 heavy (non-hydrogen) atoms. The summed E-state index contributed by atoms with van der Waals surface area (Å²) in [5.74, 6) is -1.14. The van der Waals surface area contributed by atoms with Crippen LogP contribution in [0.1, 0.15) is 46.9 Å². The molecule has 2 N–H and O–H groups in total. The lowest BCUT2D eigenvalue weighted by Crippen LogP contribution is -2.07. The third kappa shape index (κ3) is 2.64. The Kier molecular flexibility index (Phi) is 3.75. The number of fused-ring (bicyclic) bond motifs is 1. The van der Waals surface area contributed by atoms with Crippen molar-refractivity contribution in [1.82, 2.24) is 4.98 Å². The van der Waals surface area contributed by atoms with Crippen LogP contribution in [0.5, 0.6) is 5.75 Å². The lowest BCUT2D eigenvalue weighted by molar-refractivity contribution is 0.0691. The summed E-state index contributed by atoms with van der Waals surface area (Å²) in [5.41, 5.74) is 3.28. The number of hydrogen-bond acceptors (Lipinski definition) is 2. The second kappa shape index (κ2) is 5.87. The molecule has 0 unspecified atom stereocenters. The highest BCUT2D eigenvalue weighted by molar-refractivity contribution is 5.89. The largest absolute Gasteiger partial charge is 0.497 e. The quantitative estimate of drug-likeness (QED) is 0.701. The Morgan fingerprint density at radius 1 is 1.31 bits per heavy atom. The van der Waals surface area contributed by atoms with E-state index in [4.69, 9.17) is 4.74 Å². The molecule has 1 heterocycles. The van der Waals surface area contributed by atoms with Gasteiger partial charge in [0.2, 0.25) is 0 Å². The Morgan fingerprint density at radius 2 is 2.08 bits per heavy atom. The smallest absolute Gasteiger partial charge is 0.338 e. The van der Waals surface area contributed by atoms with Crippen molar-refractivity contribution in [3.05, 3.63) is 64.6 Å². The zero-order valence-electron chi connectivity index (χ0n) is 14.7. The number of carboxylic acid groups (broad SMARTS) is 1. The topological polar surface area (TPSA) is 62.3 Å². The molecule has 0 radical (unpaired) electrons. The monoisotopic (exact) mass is 353 g/mol. The fourth-order valence-corrected chi connectivity index (χ4v) is 3.57. The number of aromatic amines is 1. The summed E-state index contributed by atoms with van der Waals surface area (Å²) in [6.07, 6.45) is 2.52. The van der Waals surface area contributed by atoms with Crippen LogP contribution < -0.4 is 4.74 Å². The van der Waals surface area contributed by atoms with E-state index in [1.54, 1.807) is 19.2 Å². The van der Waals surface area contributed by atoms with Crippen molar-refractivity contribution in [2.75, 3.05) is 7.11 Å². The molecular weight excluding hydrogens is 333 g/mol. The van der Waals surface area contributed by atoms with Gasteiger partial charge in [-0.05, 0) is 42.2 Å². The second-order valence-electron chi connectivity index (χ2n) is 7.21. The SMILES string of the molecule is COc1ccc2c(Cc3cccc(C(=O)O)c3F)c(C3(C)CC3)[nH]c2c1. The Hall–Kier alpha value is -2.82. The van der Waals surface area contributed by atoms with Gasteiger partial charge in [0, 0.05) is 34.5 Å². The van der Waals surface area contributed by atoms with E-state index >= 15 is 0 Å².